The van der Waals surface area contributed by atoms with Gasteiger partial charge in [0, 0.05) is 12.3 Å². The zero-order valence-electron chi connectivity index (χ0n) is 7.04. The van der Waals surface area contributed by atoms with Gasteiger partial charge in [-0.1, -0.05) is 0 Å². The van der Waals surface area contributed by atoms with Crippen molar-refractivity contribution in [2.45, 2.75) is 19.4 Å². The number of amides is 1. The molecular weight excluding hydrogens is 156 g/mol. The lowest BCUT2D eigenvalue weighted by molar-refractivity contribution is -0.126. The number of hydrogen-bond donors (Lipinski definition) is 1. The number of carbonyl (C=O) groups excluding carboxylic acids is 1. The van der Waals surface area contributed by atoms with E-state index >= 15 is 0 Å². The summed E-state index contributed by atoms with van der Waals surface area (Å²) in [5, 5.41) is 11.0. The van der Waals surface area contributed by atoms with Gasteiger partial charge < -0.3 is 10.1 Å². The second-order valence-corrected chi connectivity index (χ2v) is 3.03. The Balaban J connectivity index is 2.15. The Kier molecular flexibility index (Phi) is 3.06. The molecule has 0 aromatic rings. The van der Waals surface area contributed by atoms with Gasteiger partial charge in [0.05, 0.1) is 19.3 Å². The van der Waals surface area contributed by atoms with E-state index in [2.05, 4.69) is 5.32 Å². The fourth-order valence-corrected chi connectivity index (χ4v) is 0.997. The number of nitriles is 1. The Labute approximate surface area is 71.5 Å². The second-order valence-electron chi connectivity index (χ2n) is 3.03. The van der Waals surface area contributed by atoms with Gasteiger partial charge in [0.25, 0.3) is 0 Å². The average molecular weight is 168 g/mol. The highest BCUT2D eigenvalue weighted by Gasteiger charge is 2.21. The largest absolute Gasteiger partial charge is 0.381 e. The van der Waals surface area contributed by atoms with Crippen molar-refractivity contribution in [3.05, 3.63) is 0 Å². The van der Waals surface area contributed by atoms with Crippen molar-refractivity contribution in [2.24, 2.45) is 5.92 Å². The van der Waals surface area contributed by atoms with Crippen LogP contribution in [-0.2, 0) is 9.53 Å². The highest BCUT2D eigenvalue weighted by molar-refractivity contribution is 5.76. The molecule has 1 N–H and O–H groups in total. The molecule has 1 rings (SSSR count). The van der Waals surface area contributed by atoms with Crippen LogP contribution in [0.5, 0.6) is 0 Å². The second kappa shape index (κ2) is 4.07. The zero-order chi connectivity index (χ0) is 8.97. The molecule has 4 nitrogen and oxygen atoms in total. The van der Waals surface area contributed by atoms with Gasteiger partial charge in [-0.15, -0.1) is 0 Å². The molecule has 0 aliphatic carbocycles. The summed E-state index contributed by atoms with van der Waals surface area (Å²) in [5.41, 5.74) is 0. The van der Waals surface area contributed by atoms with Crippen molar-refractivity contribution in [3.63, 3.8) is 0 Å². The van der Waals surface area contributed by atoms with Crippen molar-refractivity contribution >= 4 is 5.91 Å². The predicted molar refractivity (Wildman–Crippen MR) is 42.1 cm³/mol. The third-order valence-electron chi connectivity index (χ3n) is 1.75. The van der Waals surface area contributed by atoms with Crippen LogP contribution in [0.25, 0.3) is 0 Å². The molecule has 0 saturated carbocycles. The predicted octanol–water partition coefficient (Wildman–Crippen LogP) is 0.0512. The van der Waals surface area contributed by atoms with Crippen LogP contribution in [0.15, 0.2) is 0 Å². The summed E-state index contributed by atoms with van der Waals surface area (Å²) < 4.78 is 4.92. The molecule has 1 aliphatic heterocycles. The van der Waals surface area contributed by atoms with Crippen molar-refractivity contribution in [2.75, 3.05) is 13.2 Å². The zero-order valence-corrected chi connectivity index (χ0v) is 7.04. The third-order valence-corrected chi connectivity index (χ3v) is 1.75. The Bertz CT molecular complexity index is 206. The van der Waals surface area contributed by atoms with Crippen molar-refractivity contribution in [3.8, 4) is 6.07 Å². The Morgan fingerprint density at radius 1 is 1.83 bits per heavy atom. The summed E-state index contributed by atoms with van der Waals surface area (Å²) in [6, 6.07) is 1.55. The fraction of sp³-hybridized carbons (Fsp3) is 0.750. The molecule has 1 heterocycles. The van der Waals surface area contributed by atoms with E-state index in [1.54, 1.807) is 6.92 Å². The summed E-state index contributed by atoms with van der Waals surface area (Å²) in [6.07, 6.45) is 0.478. The maximum atomic E-state index is 11.1. The summed E-state index contributed by atoms with van der Waals surface area (Å²) in [5.74, 6) is 0.299. The highest BCUT2D eigenvalue weighted by Crippen LogP contribution is 2.13. The van der Waals surface area contributed by atoms with Crippen molar-refractivity contribution in [1.29, 1.82) is 5.26 Å². The Morgan fingerprint density at radius 3 is 2.92 bits per heavy atom. The van der Waals surface area contributed by atoms with Gasteiger partial charge in [-0.2, -0.15) is 5.26 Å². The summed E-state index contributed by atoms with van der Waals surface area (Å²) in [4.78, 5) is 11.1. The van der Waals surface area contributed by atoms with Gasteiger partial charge in [-0.3, -0.25) is 4.79 Å². The molecule has 1 atom stereocenters. The van der Waals surface area contributed by atoms with Gasteiger partial charge in [-0.25, -0.2) is 0 Å². The first-order valence-corrected chi connectivity index (χ1v) is 3.99. The lowest BCUT2D eigenvalue weighted by Gasteiger charge is -2.25. The molecule has 0 bridgehead atoms. The molecule has 66 valence electrons. The van der Waals surface area contributed by atoms with E-state index in [4.69, 9.17) is 10.00 Å². The fourth-order valence-electron chi connectivity index (χ4n) is 0.997. The van der Waals surface area contributed by atoms with E-state index in [9.17, 15) is 4.79 Å². The van der Waals surface area contributed by atoms with Crippen LogP contribution in [0.1, 0.15) is 13.3 Å². The minimum atomic E-state index is -0.390. The number of hydrogen-bond acceptors (Lipinski definition) is 3. The molecule has 12 heavy (non-hydrogen) atoms. The maximum absolute atomic E-state index is 11.1. The first kappa shape index (κ1) is 9.01. The minimum Gasteiger partial charge on any atom is -0.381 e. The molecule has 0 spiro atoms. The molecule has 0 radical (unpaired) electrons. The standard InChI is InChI=1S/C8H12N2O2/c1-6(3-9)10-8(11)2-7-4-12-5-7/h6-7H,2,4-5H2,1H3,(H,10,11). The van der Waals surface area contributed by atoms with Crippen molar-refractivity contribution in [1.82, 2.24) is 5.32 Å². The van der Waals surface area contributed by atoms with E-state index in [-0.39, 0.29) is 5.91 Å². The maximum Gasteiger partial charge on any atom is 0.221 e. The van der Waals surface area contributed by atoms with Crippen LogP contribution in [-0.4, -0.2) is 25.2 Å². The van der Waals surface area contributed by atoms with Crippen molar-refractivity contribution < 1.29 is 9.53 Å². The van der Waals surface area contributed by atoms with E-state index in [0.717, 1.165) is 0 Å². The van der Waals surface area contributed by atoms with E-state index in [0.29, 0.717) is 25.6 Å². The average Bonchev–Trinajstić information content (AvgIpc) is 1.97. The van der Waals surface area contributed by atoms with Gasteiger partial charge in [0.2, 0.25) is 5.91 Å². The summed E-state index contributed by atoms with van der Waals surface area (Å²) in [7, 11) is 0. The smallest absolute Gasteiger partial charge is 0.221 e. The summed E-state index contributed by atoms with van der Waals surface area (Å²) >= 11 is 0. The van der Waals surface area contributed by atoms with Crippen LogP contribution in [0.2, 0.25) is 0 Å². The Hall–Kier alpha value is -1.08. The van der Waals surface area contributed by atoms with E-state index in [1.807, 2.05) is 6.07 Å². The minimum absolute atomic E-state index is 0.0580. The van der Waals surface area contributed by atoms with E-state index in [1.165, 1.54) is 0 Å². The monoisotopic (exact) mass is 168 g/mol. The van der Waals surface area contributed by atoms with Crippen LogP contribution in [0, 0.1) is 17.2 Å². The topological polar surface area (TPSA) is 62.1 Å². The molecule has 1 fully saturated rings. The molecule has 4 heteroatoms. The third kappa shape index (κ3) is 2.51. The molecule has 1 saturated heterocycles. The normalized spacial score (nSPS) is 19.0. The van der Waals surface area contributed by atoms with Crippen LogP contribution < -0.4 is 5.32 Å². The summed E-state index contributed by atoms with van der Waals surface area (Å²) in [6.45, 7) is 3.01. The molecule has 1 aliphatic rings. The number of ether oxygens (including phenoxy) is 1. The molecule has 1 unspecified atom stereocenters. The lowest BCUT2D eigenvalue weighted by Crippen LogP contribution is -2.37. The first-order valence-electron chi connectivity index (χ1n) is 3.99. The number of nitrogens with zero attached hydrogens (tertiary/aromatic N) is 1. The highest BCUT2D eigenvalue weighted by atomic mass is 16.5. The number of carbonyl (C=O) groups is 1. The molecule has 1 amide bonds. The van der Waals surface area contributed by atoms with E-state index < -0.39 is 6.04 Å². The lowest BCUT2D eigenvalue weighted by atomic mass is 10.0. The van der Waals surface area contributed by atoms with Gasteiger partial charge in [-0.05, 0) is 6.92 Å². The SMILES string of the molecule is CC(C#N)NC(=O)CC1COC1. The quantitative estimate of drug-likeness (QED) is 0.647. The number of nitrogens with one attached hydrogen (secondary N) is 1. The van der Waals surface area contributed by atoms with Crippen LogP contribution >= 0.6 is 0 Å². The van der Waals surface area contributed by atoms with Gasteiger partial charge in [0.1, 0.15) is 6.04 Å². The van der Waals surface area contributed by atoms with Crippen LogP contribution in [0.3, 0.4) is 0 Å². The van der Waals surface area contributed by atoms with Gasteiger partial charge in [0.15, 0.2) is 0 Å². The van der Waals surface area contributed by atoms with Crippen LogP contribution in [0.4, 0.5) is 0 Å². The molecule has 0 aromatic heterocycles. The molecule has 0 aromatic carbocycles. The first-order chi connectivity index (χ1) is 5.72. The Morgan fingerprint density at radius 2 is 2.50 bits per heavy atom. The van der Waals surface area contributed by atoms with Gasteiger partial charge >= 0.3 is 0 Å². The molecular formula is C8H12N2O2. The number of rotatable bonds is 3.